The Morgan fingerprint density at radius 2 is 1.91 bits per heavy atom. The van der Waals surface area contributed by atoms with Crippen molar-refractivity contribution in [1.82, 2.24) is 4.90 Å². The highest BCUT2D eigenvalue weighted by atomic mass is 16.5. The van der Waals surface area contributed by atoms with Gasteiger partial charge in [0, 0.05) is 0 Å². The van der Waals surface area contributed by atoms with Gasteiger partial charge in [-0.3, -0.25) is 9.69 Å². The van der Waals surface area contributed by atoms with Crippen molar-refractivity contribution in [3.05, 3.63) is 0 Å². The molecule has 0 unspecified atom stereocenters. The van der Waals surface area contributed by atoms with E-state index in [0.29, 0.717) is 12.5 Å². The molecule has 3 aliphatic rings. The van der Waals surface area contributed by atoms with Crippen molar-refractivity contribution in [2.75, 3.05) is 19.7 Å². The third-order valence-corrected chi connectivity index (χ3v) is 7.92. The SMILES string of the molecule is CCOC(=O)[C@H](N)[C@]1(N2CCCCC2)C[C@H]2CC[C@@]1(C)C2(C)C. The van der Waals surface area contributed by atoms with Gasteiger partial charge in [0.2, 0.25) is 0 Å². The molecule has 0 spiro atoms. The smallest absolute Gasteiger partial charge is 0.324 e. The number of fused-ring (bicyclic) bond motifs is 2. The predicted molar refractivity (Wildman–Crippen MR) is 92.0 cm³/mol. The summed E-state index contributed by atoms with van der Waals surface area (Å²) >= 11 is 0. The van der Waals surface area contributed by atoms with E-state index < -0.39 is 6.04 Å². The number of hydrogen-bond acceptors (Lipinski definition) is 4. The van der Waals surface area contributed by atoms with Crippen LogP contribution in [-0.2, 0) is 9.53 Å². The molecule has 0 aromatic carbocycles. The Kier molecular flexibility index (Phi) is 4.29. The van der Waals surface area contributed by atoms with Gasteiger partial charge >= 0.3 is 5.97 Å². The Morgan fingerprint density at radius 1 is 1.26 bits per heavy atom. The summed E-state index contributed by atoms with van der Waals surface area (Å²) in [6.07, 6.45) is 7.24. The minimum absolute atomic E-state index is 0.0776. The van der Waals surface area contributed by atoms with Gasteiger partial charge in [0.15, 0.2) is 0 Å². The zero-order valence-corrected chi connectivity index (χ0v) is 15.4. The Hall–Kier alpha value is -0.610. The van der Waals surface area contributed by atoms with Crippen LogP contribution >= 0.6 is 0 Å². The quantitative estimate of drug-likeness (QED) is 0.809. The van der Waals surface area contributed by atoms with Gasteiger partial charge in [-0.25, -0.2) is 0 Å². The fourth-order valence-electron chi connectivity index (χ4n) is 6.19. The largest absolute Gasteiger partial charge is 0.465 e. The van der Waals surface area contributed by atoms with Crippen molar-refractivity contribution < 1.29 is 9.53 Å². The van der Waals surface area contributed by atoms with Gasteiger partial charge in [-0.05, 0) is 68.9 Å². The summed E-state index contributed by atoms with van der Waals surface area (Å²) in [5.74, 6) is 0.456. The van der Waals surface area contributed by atoms with E-state index in [2.05, 4.69) is 25.7 Å². The highest BCUT2D eigenvalue weighted by molar-refractivity contribution is 5.78. The standard InChI is InChI=1S/C19H34N2O2/c1-5-23-16(22)15(20)19(21-11-7-6-8-12-21)13-14-9-10-18(19,4)17(14,2)3/h14-15H,5-13,20H2,1-4H3/t14-,15+,18+,19-/m1/s1. The lowest BCUT2D eigenvalue weighted by molar-refractivity contribution is -0.156. The van der Waals surface area contributed by atoms with Crippen molar-refractivity contribution in [2.45, 2.75) is 77.8 Å². The predicted octanol–water partition coefficient (Wildman–Crippen LogP) is 2.95. The fourth-order valence-corrected chi connectivity index (χ4v) is 6.19. The lowest BCUT2D eigenvalue weighted by Gasteiger charge is -2.57. The second-order valence-electron chi connectivity index (χ2n) is 8.70. The second kappa shape index (κ2) is 5.73. The van der Waals surface area contributed by atoms with Gasteiger partial charge in [0.25, 0.3) is 0 Å². The average molecular weight is 322 g/mol. The zero-order valence-electron chi connectivity index (χ0n) is 15.4. The molecule has 0 aromatic heterocycles. The van der Waals surface area contributed by atoms with Crippen LogP contribution in [0.3, 0.4) is 0 Å². The van der Waals surface area contributed by atoms with Crippen molar-refractivity contribution in [3.63, 3.8) is 0 Å². The fraction of sp³-hybridized carbons (Fsp3) is 0.947. The number of ether oxygens (including phenoxy) is 1. The van der Waals surface area contributed by atoms with E-state index >= 15 is 0 Å². The maximum Gasteiger partial charge on any atom is 0.324 e. The van der Waals surface area contributed by atoms with Crippen molar-refractivity contribution >= 4 is 5.97 Å². The third kappa shape index (κ3) is 2.13. The number of carbonyl (C=O) groups is 1. The van der Waals surface area contributed by atoms with E-state index in [1.165, 1.54) is 32.1 Å². The monoisotopic (exact) mass is 322 g/mol. The highest BCUT2D eigenvalue weighted by Gasteiger charge is 2.73. The van der Waals surface area contributed by atoms with Crippen LogP contribution in [0.5, 0.6) is 0 Å². The van der Waals surface area contributed by atoms with Crippen LogP contribution in [0.25, 0.3) is 0 Å². The summed E-state index contributed by atoms with van der Waals surface area (Å²) in [4.78, 5) is 15.2. The molecule has 0 amide bonds. The number of likely N-dealkylation sites (tertiary alicyclic amines) is 1. The molecule has 3 fully saturated rings. The molecule has 2 aliphatic carbocycles. The van der Waals surface area contributed by atoms with Gasteiger partial charge in [-0.15, -0.1) is 0 Å². The first kappa shape index (κ1) is 17.2. The molecule has 1 heterocycles. The minimum atomic E-state index is -0.532. The van der Waals surface area contributed by atoms with Crippen molar-refractivity contribution in [3.8, 4) is 0 Å². The molecule has 4 heteroatoms. The molecule has 23 heavy (non-hydrogen) atoms. The first-order valence-electron chi connectivity index (χ1n) is 9.48. The highest BCUT2D eigenvalue weighted by Crippen LogP contribution is 2.72. The van der Waals surface area contributed by atoms with Crippen LogP contribution in [0.15, 0.2) is 0 Å². The minimum Gasteiger partial charge on any atom is -0.465 e. The molecule has 0 radical (unpaired) electrons. The zero-order chi connectivity index (χ0) is 16.9. The molecular weight excluding hydrogens is 288 g/mol. The number of esters is 1. The first-order valence-corrected chi connectivity index (χ1v) is 9.48. The molecule has 2 N–H and O–H groups in total. The van der Waals surface area contributed by atoms with Crippen LogP contribution in [-0.4, -0.2) is 42.1 Å². The summed E-state index contributed by atoms with van der Waals surface area (Å²) in [7, 11) is 0. The van der Waals surface area contributed by atoms with Crippen LogP contribution in [0.2, 0.25) is 0 Å². The normalized spacial score (nSPS) is 41.0. The van der Waals surface area contributed by atoms with E-state index in [1.54, 1.807) is 0 Å². The van der Waals surface area contributed by atoms with Gasteiger partial charge in [-0.2, -0.15) is 0 Å². The molecule has 2 bridgehead atoms. The Balaban J connectivity index is 2.03. The molecule has 132 valence electrons. The van der Waals surface area contributed by atoms with Crippen LogP contribution in [0.1, 0.15) is 66.2 Å². The van der Waals surface area contributed by atoms with Gasteiger partial charge < -0.3 is 10.5 Å². The Labute approximate surface area is 141 Å². The van der Waals surface area contributed by atoms with Crippen molar-refractivity contribution in [1.29, 1.82) is 0 Å². The summed E-state index contributed by atoms with van der Waals surface area (Å²) in [6, 6.07) is -0.532. The number of nitrogens with two attached hydrogens (primary N) is 1. The van der Waals surface area contributed by atoms with Gasteiger partial charge in [0.05, 0.1) is 12.1 Å². The van der Waals surface area contributed by atoms with E-state index in [-0.39, 0.29) is 22.3 Å². The van der Waals surface area contributed by atoms with E-state index in [9.17, 15) is 4.79 Å². The number of piperidine rings is 1. The maximum atomic E-state index is 12.6. The topological polar surface area (TPSA) is 55.6 Å². The lowest BCUT2D eigenvalue weighted by atomic mass is 9.59. The Bertz CT molecular complexity index is 472. The van der Waals surface area contributed by atoms with Crippen LogP contribution in [0.4, 0.5) is 0 Å². The molecule has 0 aromatic rings. The molecule has 3 rings (SSSR count). The second-order valence-corrected chi connectivity index (χ2v) is 8.70. The molecule has 4 atom stereocenters. The molecule has 2 saturated carbocycles. The van der Waals surface area contributed by atoms with Gasteiger partial charge in [0.1, 0.15) is 6.04 Å². The van der Waals surface area contributed by atoms with Crippen LogP contribution < -0.4 is 5.73 Å². The summed E-state index contributed by atoms with van der Waals surface area (Å²) < 4.78 is 5.36. The maximum absolute atomic E-state index is 12.6. The van der Waals surface area contributed by atoms with Crippen molar-refractivity contribution in [2.24, 2.45) is 22.5 Å². The van der Waals surface area contributed by atoms with Crippen LogP contribution in [0, 0.1) is 16.7 Å². The third-order valence-electron chi connectivity index (χ3n) is 7.92. The van der Waals surface area contributed by atoms with E-state index in [1.807, 2.05) is 6.92 Å². The first-order chi connectivity index (χ1) is 10.8. The molecule has 1 saturated heterocycles. The van der Waals surface area contributed by atoms with E-state index in [4.69, 9.17) is 10.5 Å². The number of hydrogen-bond donors (Lipinski definition) is 1. The Morgan fingerprint density at radius 3 is 2.39 bits per heavy atom. The number of carbonyl (C=O) groups excluding carboxylic acids is 1. The molecule has 4 nitrogen and oxygen atoms in total. The summed E-state index contributed by atoms with van der Waals surface area (Å²) in [5.41, 5.74) is 6.73. The molecule has 1 aliphatic heterocycles. The lowest BCUT2D eigenvalue weighted by Crippen LogP contribution is -2.70. The van der Waals surface area contributed by atoms with E-state index in [0.717, 1.165) is 19.5 Å². The summed E-state index contributed by atoms with van der Waals surface area (Å²) in [6.45, 7) is 11.6. The van der Waals surface area contributed by atoms with Gasteiger partial charge in [-0.1, -0.05) is 27.2 Å². The average Bonchev–Trinajstić information content (AvgIpc) is 2.87. The number of rotatable bonds is 4. The summed E-state index contributed by atoms with van der Waals surface area (Å²) in [5, 5.41) is 0. The number of nitrogens with zero attached hydrogens (tertiary/aromatic N) is 1. The molecular formula is C19H34N2O2.